The number of guanidine groups is 1. The maximum absolute atomic E-state index is 5.83. The second-order valence-electron chi connectivity index (χ2n) is 5.46. The third kappa shape index (κ3) is 3.94. The van der Waals surface area contributed by atoms with Crippen LogP contribution in [0.2, 0.25) is 0 Å². The first-order chi connectivity index (χ1) is 9.06. The van der Waals surface area contributed by atoms with Crippen LogP contribution >= 0.6 is 11.3 Å². The van der Waals surface area contributed by atoms with Crippen molar-refractivity contribution < 1.29 is 0 Å². The van der Waals surface area contributed by atoms with Crippen molar-refractivity contribution in [3.63, 3.8) is 0 Å². The van der Waals surface area contributed by atoms with Gasteiger partial charge in [0.15, 0.2) is 5.96 Å². The Kier molecular flexibility index (Phi) is 4.82. The van der Waals surface area contributed by atoms with Crippen LogP contribution in [0.5, 0.6) is 0 Å². The number of hydrogen-bond donors (Lipinski definition) is 2. The van der Waals surface area contributed by atoms with Gasteiger partial charge in [-0.25, -0.2) is 0 Å². The number of rotatable bonds is 4. The highest BCUT2D eigenvalue weighted by Gasteiger charge is 2.21. The van der Waals surface area contributed by atoms with Crippen molar-refractivity contribution in [3.05, 3.63) is 21.9 Å². The van der Waals surface area contributed by atoms with Gasteiger partial charge in [-0.15, -0.1) is 11.3 Å². The summed E-state index contributed by atoms with van der Waals surface area (Å²) in [6.45, 7) is 9.28. The summed E-state index contributed by atoms with van der Waals surface area (Å²) in [5.74, 6) is 0.551. The molecule has 0 amide bonds. The first-order valence-electron chi connectivity index (χ1n) is 6.92. The van der Waals surface area contributed by atoms with Crippen LogP contribution in [0.3, 0.4) is 0 Å². The van der Waals surface area contributed by atoms with Gasteiger partial charge in [-0.3, -0.25) is 9.89 Å². The fourth-order valence-corrected chi connectivity index (χ4v) is 3.22. The molecule has 4 nitrogen and oxygen atoms in total. The predicted molar refractivity (Wildman–Crippen MR) is 82.7 cm³/mol. The summed E-state index contributed by atoms with van der Waals surface area (Å²) in [7, 11) is 0. The summed E-state index contributed by atoms with van der Waals surface area (Å²) >= 11 is 1.88. The first-order valence-corrected chi connectivity index (χ1v) is 7.80. The van der Waals surface area contributed by atoms with E-state index in [4.69, 9.17) is 5.73 Å². The van der Waals surface area contributed by atoms with Crippen molar-refractivity contribution in [3.8, 4) is 0 Å². The van der Waals surface area contributed by atoms with E-state index in [1.165, 1.54) is 12.0 Å². The lowest BCUT2D eigenvalue weighted by atomic mass is 10.1. The molecule has 106 valence electrons. The summed E-state index contributed by atoms with van der Waals surface area (Å²) in [6.07, 6.45) is 1.17. The molecule has 0 saturated heterocycles. The molecule has 1 aliphatic heterocycles. The number of fused-ring (bicyclic) bond motifs is 1. The zero-order valence-corrected chi connectivity index (χ0v) is 12.8. The molecule has 0 aliphatic carbocycles. The monoisotopic (exact) mass is 280 g/mol. The summed E-state index contributed by atoms with van der Waals surface area (Å²) < 4.78 is 0. The van der Waals surface area contributed by atoms with Gasteiger partial charge in [0.25, 0.3) is 0 Å². The van der Waals surface area contributed by atoms with Gasteiger partial charge in [-0.05, 0) is 44.2 Å². The molecule has 0 aromatic carbocycles. The highest BCUT2D eigenvalue weighted by atomic mass is 32.1. The molecule has 0 radical (unpaired) electrons. The lowest BCUT2D eigenvalue weighted by Crippen LogP contribution is -2.41. The summed E-state index contributed by atoms with van der Waals surface area (Å²) in [5, 5.41) is 5.32. The Hall–Kier alpha value is -1.07. The Morgan fingerprint density at radius 1 is 1.53 bits per heavy atom. The third-order valence-electron chi connectivity index (χ3n) is 3.42. The summed E-state index contributed by atoms with van der Waals surface area (Å²) in [5.41, 5.74) is 7.32. The smallest absolute Gasteiger partial charge is 0.188 e. The molecule has 0 fully saturated rings. The molecular formula is C14H24N4S. The van der Waals surface area contributed by atoms with Gasteiger partial charge in [0, 0.05) is 30.1 Å². The molecule has 1 unspecified atom stereocenters. The van der Waals surface area contributed by atoms with Gasteiger partial charge in [-0.1, -0.05) is 0 Å². The van der Waals surface area contributed by atoms with Gasteiger partial charge in [0.2, 0.25) is 0 Å². The Labute approximate surface area is 119 Å². The van der Waals surface area contributed by atoms with Crippen molar-refractivity contribution in [2.45, 2.75) is 45.8 Å². The Morgan fingerprint density at radius 3 is 3.05 bits per heavy atom. The molecule has 19 heavy (non-hydrogen) atoms. The first kappa shape index (κ1) is 14.3. The number of nitrogens with one attached hydrogen (secondary N) is 1. The SMILES string of the molecule is CC(C)NC(N)=NCC(C)N1CCc2sccc2C1. The molecule has 2 rings (SSSR count). The minimum Gasteiger partial charge on any atom is -0.370 e. The molecule has 0 saturated carbocycles. The number of aliphatic imine (C=N–C) groups is 1. The van der Waals surface area contributed by atoms with E-state index in [1.807, 2.05) is 11.3 Å². The van der Waals surface area contributed by atoms with Gasteiger partial charge < -0.3 is 11.1 Å². The molecule has 1 aromatic heterocycles. The molecule has 0 bridgehead atoms. The van der Waals surface area contributed by atoms with Crippen LogP contribution in [0.4, 0.5) is 0 Å². The van der Waals surface area contributed by atoms with Crippen LogP contribution in [0.15, 0.2) is 16.4 Å². The highest BCUT2D eigenvalue weighted by molar-refractivity contribution is 7.10. The maximum Gasteiger partial charge on any atom is 0.188 e. The summed E-state index contributed by atoms with van der Waals surface area (Å²) in [4.78, 5) is 8.46. The number of hydrogen-bond acceptors (Lipinski definition) is 3. The van der Waals surface area contributed by atoms with E-state index < -0.39 is 0 Å². The van der Waals surface area contributed by atoms with E-state index >= 15 is 0 Å². The average molecular weight is 280 g/mol. The molecule has 1 atom stereocenters. The quantitative estimate of drug-likeness (QED) is 0.653. The van der Waals surface area contributed by atoms with E-state index in [2.05, 4.69) is 47.4 Å². The van der Waals surface area contributed by atoms with Gasteiger partial charge in [0.05, 0.1) is 6.54 Å². The minimum atomic E-state index is 0.336. The van der Waals surface area contributed by atoms with E-state index in [0.29, 0.717) is 18.0 Å². The van der Waals surface area contributed by atoms with Crippen molar-refractivity contribution in [1.29, 1.82) is 0 Å². The molecule has 2 heterocycles. The van der Waals surface area contributed by atoms with Crippen LogP contribution < -0.4 is 11.1 Å². The largest absolute Gasteiger partial charge is 0.370 e. The molecule has 0 spiro atoms. The second kappa shape index (κ2) is 6.39. The number of nitrogens with two attached hydrogens (primary N) is 1. The lowest BCUT2D eigenvalue weighted by molar-refractivity contribution is 0.197. The molecule has 1 aliphatic rings. The van der Waals surface area contributed by atoms with Gasteiger partial charge in [-0.2, -0.15) is 0 Å². The molecular weight excluding hydrogens is 256 g/mol. The fraction of sp³-hybridized carbons (Fsp3) is 0.643. The molecule has 1 aromatic rings. The van der Waals surface area contributed by atoms with Crippen LogP contribution in [0, 0.1) is 0 Å². The minimum absolute atomic E-state index is 0.336. The zero-order valence-electron chi connectivity index (χ0n) is 12.0. The second-order valence-corrected chi connectivity index (χ2v) is 6.46. The standard InChI is InChI=1S/C14H24N4S/c1-10(2)17-14(15)16-8-11(3)18-6-4-13-12(9-18)5-7-19-13/h5,7,10-11H,4,6,8-9H2,1-3H3,(H3,15,16,17). The molecule has 5 heteroatoms. The van der Waals surface area contributed by atoms with Crippen LogP contribution in [-0.4, -0.2) is 36.0 Å². The fourth-order valence-electron chi connectivity index (χ4n) is 2.33. The Balaban J connectivity index is 1.86. The Bertz CT molecular complexity index is 438. The van der Waals surface area contributed by atoms with E-state index in [0.717, 1.165) is 19.6 Å². The van der Waals surface area contributed by atoms with E-state index in [9.17, 15) is 0 Å². The Morgan fingerprint density at radius 2 is 2.32 bits per heavy atom. The number of thiophene rings is 1. The van der Waals surface area contributed by atoms with Crippen molar-refractivity contribution >= 4 is 17.3 Å². The van der Waals surface area contributed by atoms with Crippen molar-refractivity contribution in [1.82, 2.24) is 10.2 Å². The zero-order chi connectivity index (χ0) is 13.8. The van der Waals surface area contributed by atoms with E-state index in [-0.39, 0.29) is 0 Å². The number of nitrogens with zero attached hydrogens (tertiary/aromatic N) is 2. The average Bonchev–Trinajstić information content (AvgIpc) is 2.82. The lowest BCUT2D eigenvalue weighted by Gasteiger charge is -2.31. The van der Waals surface area contributed by atoms with E-state index in [1.54, 1.807) is 4.88 Å². The topological polar surface area (TPSA) is 53.6 Å². The van der Waals surface area contributed by atoms with Crippen molar-refractivity contribution in [2.75, 3.05) is 13.1 Å². The van der Waals surface area contributed by atoms with Crippen molar-refractivity contribution in [2.24, 2.45) is 10.7 Å². The summed E-state index contributed by atoms with van der Waals surface area (Å²) in [6, 6.07) is 3.01. The highest BCUT2D eigenvalue weighted by Crippen LogP contribution is 2.25. The predicted octanol–water partition coefficient (Wildman–Crippen LogP) is 1.81. The van der Waals surface area contributed by atoms with Crippen LogP contribution in [0.25, 0.3) is 0 Å². The molecule has 3 N–H and O–H groups in total. The van der Waals surface area contributed by atoms with Gasteiger partial charge in [0.1, 0.15) is 0 Å². The van der Waals surface area contributed by atoms with Gasteiger partial charge >= 0.3 is 0 Å². The normalized spacial score (nSPS) is 18.4. The van der Waals surface area contributed by atoms with Crippen LogP contribution in [0.1, 0.15) is 31.2 Å². The third-order valence-corrected chi connectivity index (χ3v) is 4.45. The maximum atomic E-state index is 5.83. The van der Waals surface area contributed by atoms with Crippen LogP contribution in [-0.2, 0) is 13.0 Å².